The van der Waals surface area contributed by atoms with Crippen LogP contribution in [0.4, 0.5) is 10.1 Å². The zero-order valence-corrected chi connectivity index (χ0v) is 19.3. The molecule has 1 aliphatic heterocycles. The first-order valence-corrected chi connectivity index (χ1v) is 11.4. The van der Waals surface area contributed by atoms with E-state index in [4.69, 9.17) is 15.9 Å². The predicted octanol–water partition coefficient (Wildman–Crippen LogP) is 6.07. The molecule has 1 amide bonds. The summed E-state index contributed by atoms with van der Waals surface area (Å²) < 4.78 is 25.5. The van der Waals surface area contributed by atoms with E-state index >= 15 is 0 Å². The number of fused-ring (bicyclic) bond motifs is 3. The van der Waals surface area contributed by atoms with Gasteiger partial charge in [-0.1, -0.05) is 60.5 Å². The Hall–Kier alpha value is -4.30. The van der Waals surface area contributed by atoms with E-state index in [1.807, 2.05) is 42.5 Å². The highest BCUT2D eigenvalue weighted by atomic mass is 19.1. The highest BCUT2D eigenvalue weighted by molar-refractivity contribution is 6.03. The van der Waals surface area contributed by atoms with Gasteiger partial charge >= 0.3 is 0 Å². The monoisotopic (exact) mass is 465 g/mol. The van der Waals surface area contributed by atoms with Crippen molar-refractivity contribution in [1.29, 1.82) is 0 Å². The van der Waals surface area contributed by atoms with Crippen molar-refractivity contribution < 1.29 is 18.7 Å². The minimum atomic E-state index is -0.316. The lowest BCUT2D eigenvalue weighted by atomic mass is 9.81. The number of methoxy groups -OCH3 is 1. The number of amides is 1. The lowest BCUT2D eigenvalue weighted by molar-refractivity contribution is -0.119. The Kier molecular flexibility index (Phi) is 6.12. The Morgan fingerprint density at radius 2 is 1.83 bits per heavy atom. The van der Waals surface area contributed by atoms with Crippen LogP contribution in [0.3, 0.4) is 0 Å². The normalized spacial score (nSPS) is 14.9. The average Bonchev–Trinajstić information content (AvgIpc) is 2.89. The number of rotatable bonds is 6. The molecule has 0 bridgehead atoms. The summed E-state index contributed by atoms with van der Waals surface area (Å²) in [6.45, 7) is 0.307. The molecule has 4 aromatic rings. The molecule has 35 heavy (non-hydrogen) atoms. The summed E-state index contributed by atoms with van der Waals surface area (Å²) in [5.74, 6) is 3.14. The Bertz CT molecular complexity index is 1460. The third-order valence-corrected chi connectivity index (χ3v) is 6.45. The number of carbonyl (C=O) groups is 1. The molecule has 4 nitrogen and oxygen atoms in total. The molecular weight excluding hydrogens is 441 g/mol. The van der Waals surface area contributed by atoms with E-state index < -0.39 is 0 Å². The van der Waals surface area contributed by atoms with Crippen LogP contribution in [-0.4, -0.2) is 19.6 Å². The number of carbonyl (C=O) groups excluding carboxylic acids is 1. The lowest BCUT2D eigenvalue weighted by Crippen LogP contribution is -2.37. The second-order valence-corrected chi connectivity index (χ2v) is 8.45. The van der Waals surface area contributed by atoms with Crippen molar-refractivity contribution in [2.45, 2.75) is 18.9 Å². The van der Waals surface area contributed by atoms with Gasteiger partial charge in [0.1, 0.15) is 12.4 Å². The second kappa shape index (κ2) is 9.52. The summed E-state index contributed by atoms with van der Waals surface area (Å²) >= 11 is 0. The van der Waals surface area contributed by atoms with Gasteiger partial charge in [0.15, 0.2) is 11.5 Å². The summed E-state index contributed by atoms with van der Waals surface area (Å²) in [6, 6.07) is 24.3. The molecule has 1 atom stereocenters. The topological polar surface area (TPSA) is 38.8 Å². The largest absolute Gasteiger partial charge is 0.493 e. The predicted molar refractivity (Wildman–Crippen MR) is 135 cm³/mol. The fourth-order valence-electron chi connectivity index (χ4n) is 4.75. The minimum absolute atomic E-state index is 0.0189. The van der Waals surface area contributed by atoms with E-state index in [0.29, 0.717) is 23.5 Å². The van der Waals surface area contributed by atoms with E-state index in [2.05, 4.69) is 18.1 Å². The molecule has 1 aliphatic rings. The second-order valence-electron chi connectivity index (χ2n) is 8.45. The summed E-state index contributed by atoms with van der Waals surface area (Å²) in [4.78, 5) is 14.8. The number of terminal acetylenes is 1. The van der Waals surface area contributed by atoms with Crippen molar-refractivity contribution in [3.8, 4) is 23.8 Å². The van der Waals surface area contributed by atoms with E-state index in [0.717, 1.165) is 27.6 Å². The first-order chi connectivity index (χ1) is 17.1. The Morgan fingerprint density at radius 3 is 2.63 bits per heavy atom. The number of benzene rings is 4. The van der Waals surface area contributed by atoms with E-state index in [9.17, 15) is 9.18 Å². The van der Waals surface area contributed by atoms with E-state index in [1.165, 1.54) is 6.07 Å². The van der Waals surface area contributed by atoms with Gasteiger partial charge < -0.3 is 14.4 Å². The van der Waals surface area contributed by atoms with Crippen molar-refractivity contribution >= 4 is 22.4 Å². The smallest absolute Gasteiger partial charge is 0.228 e. The fraction of sp³-hybridized carbons (Fsp3) is 0.167. The molecule has 0 radical (unpaired) electrons. The molecule has 0 aliphatic carbocycles. The SMILES string of the molecule is C#CCN1C(=O)CC(c2ccc(OCc3ccccc3F)c(OC)c2)c2c1ccc1ccccc21. The maximum atomic E-state index is 14.0. The molecule has 4 aromatic carbocycles. The highest BCUT2D eigenvalue weighted by Crippen LogP contribution is 2.45. The van der Waals surface area contributed by atoms with Crippen LogP contribution < -0.4 is 14.4 Å². The van der Waals surface area contributed by atoms with Crippen LogP contribution in [-0.2, 0) is 11.4 Å². The van der Waals surface area contributed by atoms with Gasteiger partial charge in [-0.3, -0.25) is 4.79 Å². The van der Waals surface area contributed by atoms with Crippen LogP contribution in [0.1, 0.15) is 29.0 Å². The van der Waals surface area contributed by atoms with Gasteiger partial charge in [0.05, 0.1) is 13.7 Å². The fourth-order valence-corrected chi connectivity index (χ4v) is 4.75. The first-order valence-electron chi connectivity index (χ1n) is 11.4. The molecule has 0 N–H and O–H groups in total. The molecule has 0 spiro atoms. The Morgan fingerprint density at radius 1 is 1.03 bits per heavy atom. The van der Waals surface area contributed by atoms with Crippen molar-refractivity contribution in [2.75, 3.05) is 18.6 Å². The van der Waals surface area contributed by atoms with Gasteiger partial charge in [-0.25, -0.2) is 4.39 Å². The number of ether oxygens (including phenoxy) is 2. The van der Waals surface area contributed by atoms with Crippen molar-refractivity contribution in [1.82, 2.24) is 0 Å². The highest BCUT2D eigenvalue weighted by Gasteiger charge is 2.33. The molecular formula is C30H24FNO3. The number of halogens is 1. The van der Waals surface area contributed by atoms with Gasteiger partial charge in [0.2, 0.25) is 5.91 Å². The number of hydrogen-bond donors (Lipinski definition) is 0. The zero-order valence-electron chi connectivity index (χ0n) is 19.3. The van der Waals surface area contributed by atoms with Crippen LogP contribution in [0.2, 0.25) is 0 Å². The molecule has 0 saturated heterocycles. The van der Waals surface area contributed by atoms with Gasteiger partial charge in [0.25, 0.3) is 0 Å². The van der Waals surface area contributed by atoms with Crippen LogP contribution in [0.5, 0.6) is 11.5 Å². The summed E-state index contributed by atoms with van der Waals surface area (Å²) in [5.41, 5.74) is 3.30. The maximum Gasteiger partial charge on any atom is 0.228 e. The third kappa shape index (κ3) is 4.20. The van der Waals surface area contributed by atoms with Crippen molar-refractivity contribution in [3.63, 3.8) is 0 Å². The van der Waals surface area contributed by atoms with Gasteiger partial charge in [0, 0.05) is 23.6 Å². The average molecular weight is 466 g/mol. The third-order valence-electron chi connectivity index (χ3n) is 6.45. The van der Waals surface area contributed by atoms with Crippen LogP contribution in [0, 0.1) is 18.2 Å². The van der Waals surface area contributed by atoms with Gasteiger partial charge in [-0.2, -0.15) is 0 Å². The zero-order chi connectivity index (χ0) is 24.4. The van der Waals surface area contributed by atoms with Crippen LogP contribution >= 0.6 is 0 Å². The minimum Gasteiger partial charge on any atom is -0.493 e. The molecule has 5 rings (SSSR count). The first kappa shape index (κ1) is 22.5. The van der Waals surface area contributed by atoms with Crippen LogP contribution in [0.15, 0.2) is 78.9 Å². The number of anilines is 1. The van der Waals surface area contributed by atoms with Gasteiger partial charge in [-0.15, -0.1) is 6.42 Å². The van der Waals surface area contributed by atoms with E-state index in [-0.39, 0.29) is 30.8 Å². The van der Waals surface area contributed by atoms with E-state index in [1.54, 1.807) is 30.2 Å². The molecule has 0 fully saturated rings. The summed E-state index contributed by atoms with van der Waals surface area (Å²) in [6.07, 6.45) is 5.87. The van der Waals surface area contributed by atoms with Crippen LogP contribution in [0.25, 0.3) is 10.8 Å². The molecule has 0 saturated carbocycles. The lowest BCUT2D eigenvalue weighted by Gasteiger charge is -2.34. The number of hydrogen-bond acceptors (Lipinski definition) is 3. The van der Waals surface area contributed by atoms with Gasteiger partial charge in [-0.05, 0) is 46.2 Å². The standard InChI is InChI=1S/C30H24FNO3/c1-3-16-32-26-14-12-20-8-4-6-10-23(20)30(26)24(18-29(32)33)21-13-15-27(28(17-21)34-2)35-19-22-9-5-7-11-25(22)31/h1,4-15,17,24H,16,18-19H2,2H3. The van der Waals surface area contributed by atoms with Crippen molar-refractivity contribution in [2.24, 2.45) is 0 Å². The number of nitrogens with zero attached hydrogens (tertiary/aromatic N) is 1. The maximum absolute atomic E-state index is 14.0. The Balaban J connectivity index is 1.55. The molecule has 0 aromatic heterocycles. The molecule has 5 heteroatoms. The summed E-state index contributed by atoms with van der Waals surface area (Å²) in [7, 11) is 1.57. The summed E-state index contributed by atoms with van der Waals surface area (Å²) in [5, 5.41) is 2.19. The molecule has 1 unspecified atom stereocenters. The molecule has 174 valence electrons. The molecule has 1 heterocycles. The Labute approximate surface area is 203 Å². The quantitative estimate of drug-likeness (QED) is 0.325. The van der Waals surface area contributed by atoms with Crippen molar-refractivity contribution in [3.05, 3.63) is 101 Å².